The summed E-state index contributed by atoms with van der Waals surface area (Å²) in [6.07, 6.45) is 1.18. The van der Waals surface area contributed by atoms with E-state index in [2.05, 4.69) is 4.98 Å². The van der Waals surface area contributed by atoms with Crippen LogP contribution >= 0.6 is 23.4 Å². The zero-order valence-corrected chi connectivity index (χ0v) is 19.6. The molecule has 1 fully saturated rings. The highest BCUT2D eigenvalue weighted by Crippen LogP contribution is 2.22. The number of furan rings is 1. The third-order valence-corrected chi connectivity index (χ3v) is 6.46. The van der Waals surface area contributed by atoms with E-state index >= 15 is 0 Å². The highest BCUT2D eigenvalue weighted by Gasteiger charge is 2.25. The maximum atomic E-state index is 13.2. The molecule has 0 saturated carbocycles. The maximum absolute atomic E-state index is 13.2. The predicted molar refractivity (Wildman–Crippen MR) is 125 cm³/mol. The van der Waals surface area contributed by atoms with Crippen molar-refractivity contribution in [2.75, 3.05) is 38.5 Å². The van der Waals surface area contributed by atoms with Crippen LogP contribution < -0.4 is 5.56 Å². The molecule has 9 nitrogen and oxygen atoms in total. The second-order valence-electron chi connectivity index (χ2n) is 7.38. The van der Waals surface area contributed by atoms with E-state index in [1.165, 1.54) is 16.3 Å². The van der Waals surface area contributed by atoms with E-state index in [-0.39, 0.29) is 29.9 Å². The Hall–Kier alpha value is -2.98. The summed E-state index contributed by atoms with van der Waals surface area (Å²) in [7, 11) is 0. The fraction of sp³-hybridized carbons (Fsp3) is 0.364. The van der Waals surface area contributed by atoms with E-state index in [0.717, 1.165) is 0 Å². The molecule has 0 radical (unpaired) electrons. The van der Waals surface area contributed by atoms with Crippen molar-refractivity contribution < 1.29 is 18.7 Å². The number of carbonyl (C=O) groups is 2. The molecule has 0 aliphatic carbocycles. The number of hydrogen-bond donors (Lipinski definition) is 0. The number of benzene rings is 1. The summed E-state index contributed by atoms with van der Waals surface area (Å²) in [5.74, 6) is 0.625. The monoisotopic (exact) mass is 490 g/mol. The topological polar surface area (TPSA) is 97.9 Å². The van der Waals surface area contributed by atoms with Gasteiger partial charge in [-0.05, 0) is 37.3 Å². The Morgan fingerprint density at radius 2 is 1.94 bits per heavy atom. The van der Waals surface area contributed by atoms with Crippen LogP contribution in [0.3, 0.4) is 0 Å². The lowest BCUT2D eigenvalue weighted by Gasteiger charge is -2.34. The summed E-state index contributed by atoms with van der Waals surface area (Å²) >= 11 is 7.28. The van der Waals surface area contributed by atoms with Crippen molar-refractivity contribution in [3.05, 3.63) is 57.7 Å². The summed E-state index contributed by atoms with van der Waals surface area (Å²) in [4.78, 5) is 45.7. The van der Waals surface area contributed by atoms with Crippen molar-refractivity contribution in [2.45, 2.75) is 18.6 Å². The summed E-state index contributed by atoms with van der Waals surface area (Å²) < 4.78 is 11.9. The Balaban J connectivity index is 1.50. The van der Waals surface area contributed by atoms with Crippen LogP contribution in [0.5, 0.6) is 0 Å². The molecule has 1 saturated heterocycles. The Labute approximate surface area is 199 Å². The van der Waals surface area contributed by atoms with Gasteiger partial charge in [0.05, 0.1) is 36.1 Å². The molecule has 4 rings (SSSR count). The Kier molecular flexibility index (Phi) is 7.24. The fourth-order valence-corrected chi connectivity index (χ4v) is 4.62. The van der Waals surface area contributed by atoms with Crippen molar-refractivity contribution >= 4 is 46.3 Å². The predicted octanol–water partition coefficient (Wildman–Crippen LogP) is 3.08. The first-order valence-corrected chi connectivity index (χ1v) is 11.9. The van der Waals surface area contributed by atoms with E-state index < -0.39 is 0 Å². The number of fused-ring (bicyclic) bond motifs is 1. The lowest BCUT2D eigenvalue weighted by atomic mass is 10.2. The molecule has 1 aliphatic rings. The molecule has 0 spiro atoms. The standard InChI is InChI=1S/C22H23ClN4O5S/c1-2-31-22(30)26-9-7-25(8-10-26)19(28)14-33-21-24-18-12-15(23)5-6-17(18)20(29)27(21)13-16-4-3-11-32-16/h3-6,11-12H,2,7-10,13-14H2,1H3. The average molecular weight is 491 g/mol. The summed E-state index contributed by atoms with van der Waals surface area (Å²) in [5, 5.41) is 1.33. The molecule has 0 unspecified atom stereocenters. The highest BCUT2D eigenvalue weighted by atomic mass is 35.5. The van der Waals surface area contributed by atoms with Gasteiger partial charge in [0, 0.05) is 31.2 Å². The van der Waals surface area contributed by atoms with Crippen molar-refractivity contribution in [1.82, 2.24) is 19.4 Å². The fourth-order valence-electron chi connectivity index (χ4n) is 3.55. The molecule has 11 heteroatoms. The number of nitrogens with zero attached hydrogens (tertiary/aromatic N) is 4. The van der Waals surface area contributed by atoms with Gasteiger partial charge in [-0.25, -0.2) is 9.78 Å². The molecule has 2 amide bonds. The van der Waals surface area contributed by atoms with Crippen LogP contribution in [0.4, 0.5) is 4.79 Å². The van der Waals surface area contributed by atoms with Gasteiger partial charge in [-0.15, -0.1) is 0 Å². The van der Waals surface area contributed by atoms with Gasteiger partial charge in [-0.1, -0.05) is 23.4 Å². The third kappa shape index (κ3) is 5.33. The van der Waals surface area contributed by atoms with Gasteiger partial charge in [-0.3, -0.25) is 14.2 Å². The number of amides is 2. The second-order valence-corrected chi connectivity index (χ2v) is 8.76. The lowest BCUT2D eigenvalue weighted by molar-refractivity contribution is -0.129. The van der Waals surface area contributed by atoms with Crippen LogP contribution in [-0.2, 0) is 16.1 Å². The minimum absolute atomic E-state index is 0.0894. The number of aromatic nitrogens is 2. The van der Waals surface area contributed by atoms with E-state index in [1.807, 2.05) is 0 Å². The normalized spacial score (nSPS) is 14.0. The number of hydrogen-bond acceptors (Lipinski definition) is 7. The van der Waals surface area contributed by atoms with E-state index in [9.17, 15) is 14.4 Å². The largest absolute Gasteiger partial charge is 0.467 e. The molecular formula is C22H23ClN4O5S. The smallest absolute Gasteiger partial charge is 0.409 e. The van der Waals surface area contributed by atoms with Crippen LogP contribution in [-0.4, -0.2) is 69.9 Å². The Bertz CT molecular complexity index is 1210. The van der Waals surface area contributed by atoms with Gasteiger partial charge in [0.1, 0.15) is 5.76 Å². The minimum Gasteiger partial charge on any atom is -0.467 e. The van der Waals surface area contributed by atoms with Gasteiger partial charge in [0.25, 0.3) is 5.56 Å². The van der Waals surface area contributed by atoms with Crippen LogP contribution in [0.25, 0.3) is 10.9 Å². The van der Waals surface area contributed by atoms with Gasteiger partial charge in [0.2, 0.25) is 5.91 Å². The zero-order chi connectivity index (χ0) is 23.4. The number of ether oxygens (including phenoxy) is 1. The number of rotatable bonds is 6. The van der Waals surface area contributed by atoms with Crippen LogP contribution in [0.15, 0.2) is 51.0 Å². The van der Waals surface area contributed by atoms with Gasteiger partial charge >= 0.3 is 6.09 Å². The quantitative estimate of drug-likeness (QED) is 0.387. The van der Waals surface area contributed by atoms with E-state index in [1.54, 1.807) is 53.3 Å². The van der Waals surface area contributed by atoms with Crippen molar-refractivity contribution in [3.8, 4) is 0 Å². The minimum atomic E-state index is -0.361. The molecule has 3 heterocycles. The lowest BCUT2D eigenvalue weighted by Crippen LogP contribution is -2.51. The van der Waals surface area contributed by atoms with E-state index in [0.29, 0.717) is 59.6 Å². The molecule has 0 bridgehead atoms. The Morgan fingerprint density at radius 1 is 1.18 bits per heavy atom. The molecule has 1 aliphatic heterocycles. The summed E-state index contributed by atoms with van der Waals surface area (Å²) in [5.41, 5.74) is 0.243. The summed E-state index contributed by atoms with van der Waals surface area (Å²) in [6.45, 7) is 3.98. The maximum Gasteiger partial charge on any atom is 0.409 e. The first-order chi connectivity index (χ1) is 16.0. The molecule has 33 heavy (non-hydrogen) atoms. The van der Waals surface area contributed by atoms with Crippen LogP contribution in [0.2, 0.25) is 5.02 Å². The molecule has 0 atom stereocenters. The van der Waals surface area contributed by atoms with Crippen molar-refractivity contribution in [2.24, 2.45) is 0 Å². The Morgan fingerprint density at radius 3 is 2.64 bits per heavy atom. The average Bonchev–Trinajstić information content (AvgIpc) is 3.33. The number of carbonyl (C=O) groups excluding carboxylic acids is 2. The van der Waals surface area contributed by atoms with Crippen molar-refractivity contribution in [3.63, 3.8) is 0 Å². The van der Waals surface area contributed by atoms with Gasteiger partial charge in [0.15, 0.2) is 5.16 Å². The molecule has 3 aromatic rings. The van der Waals surface area contributed by atoms with Gasteiger partial charge in [-0.2, -0.15) is 0 Å². The second kappa shape index (κ2) is 10.3. The van der Waals surface area contributed by atoms with Crippen LogP contribution in [0, 0.1) is 0 Å². The number of piperazine rings is 1. The first kappa shape index (κ1) is 23.2. The first-order valence-electron chi connectivity index (χ1n) is 10.5. The number of thioether (sulfide) groups is 1. The molecular weight excluding hydrogens is 468 g/mol. The zero-order valence-electron chi connectivity index (χ0n) is 18.0. The summed E-state index contributed by atoms with van der Waals surface area (Å²) in [6, 6.07) is 8.46. The molecule has 1 aromatic carbocycles. The van der Waals surface area contributed by atoms with E-state index in [4.69, 9.17) is 20.8 Å². The van der Waals surface area contributed by atoms with Crippen molar-refractivity contribution in [1.29, 1.82) is 0 Å². The van der Waals surface area contributed by atoms with Gasteiger partial charge < -0.3 is 19.0 Å². The number of halogens is 1. The highest BCUT2D eigenvalue weighted by molar-refractivity contribution is 7.99. The van der Waals surface area contributed by atoms with Crippen LogP contribution in [0.1, 0.15) is 12.7 Å². The molecule has 174 valence electrons. The molecule has 2 aromatic heterocycles. The SMILES string of the molecule is CCOC(=O)N1CCN(C(=O)CSc2nc3cc(Cl)ccc3c(=O)n2Cc2ccco2)CC1. The third-order valence-electron chi connectivity index (χ3n) is 5.26. The molecule has 0 N–H and O–H groups in total.